The van der Waals surface area contributed by atoms with Gasteiger partial charge >= 0.3 is 0 Å². The van der Waals surface area contributed by atoms with Crippen LogP contribution in [0, 0.1) is 11.7 Å². The molecule has 0 bridgehead atoms. The highest BCUT2D eigenvalue weighted by Gasteiger charge is 2.34. The molecule has 120 valence electrons. The molecule has 1 N–H and O–H groups in total. The molecule has 1 saturated carbocycles. The Morgan fingerprint density at radius 1 is 1.23 bits per heavy atom. The molecule has 1 unspecified atom stereocenters. The van der Waals surface area contributed by atoms with Gasteiger partial charge in [0.15, 0.2) is 0 Å². The van der Waals surface area contributed by atoms with E-state index < -0.39 is 0 Å². The Kier molecular flexibility index (Phi) is 4.77. The molecule has 1 saturated heterocycles. The third-order valence-electron chi connectivity index (χ3n) is 5.07. The first-order valence-electron chi connectivity index (χ1n) is 8.36. The number of hydrogen-bond donors (Lipinski definition) is 1. The van der Waals surface area contributed by atoms with Gasteiger partial charge < -0.3 is 10.0 Å². The number of halogens is 1. The second kappa shape index (κ2) is 6.78. The van der Waals surface area contributed by atoms with E-state index in [1.165, 1.54) is 6.07 Å². The van der Waals surface area contributed by atoms with E-state index in [2.05, 4.69) is 0 Å². The maximum absolute atomic E-state index is 13.3. The van der Waals surface area contributed by atoms with E-state index in [1.807, 2.05) is 11.0 Å². The summed E-state index contributed by atoms with van der Waals surface area (Å²) in [6.45, 7) is 0.817. The standard InChI is InChI=1S/C18H24FNO2/c19-15-4-1-3-13(11-15)12-16-5-2-10-20(16)18(22)14-6-8-17(21)9-7-14/h1,3-4,11,14,16-17,21H,2,5-10,12H2. The average molecular weight is 305 g/mol. The number of carbonyl (C=O) groups excluding carboxylic acids is 1. The van der Waals surface area contributed by atoms with Gasteiger partial charge in [-0.1, -0.05) is 12.1 Å². The van der Waals surface area contributed by atoms with E-state index in [1.54, 1.807) is 12.1 Å². The maximum Gasteiger partial charge on any atom is 0.225 e. The van der Waals surface area contributed by atoms with Crippen LogP contribution in [-0.4, -0.2) is 34.6 Å². The first-order chi connectivity index (χ1) is 10.6. The maximum atomic E-state index is 13.3. The molecule has 1 aliphatic carbocycles. The second-order valence-corrected chi connectivity index (χ2v) is 6.67. The van der Waals surface area contributed by atoms with E-state index in [4.69, 9.17) is 0 Å². The summed E-state index contributed by atoms with van der Waals surface area (Å²) in [5.41, 5.74) is 0.962. The quantitative estimate of drug-likeness (QED) is 0.933. The van der Waals surface area contributed by atoms with Crippen LogP contribution in [0.2, 0.25) is 0 Å². The van der Waals surface area contributed by atoms with E-state index in [0.717, 1.165) is 57.1 Å². The molecule has 1 atom stereocenters. The number of aliphatic hydroxyl groups is 1. The van der Waals surface area contributed by atoms with E-state index in [9.17, 15) is 14.3 Å². The fraction of sp³-hybridized carbons (Fsp3) is 0.611. The fourth-order valence-corrected chi connectivity index (χ4v) is 3.83. The Hall–Kier alpha value is -1.42. The lowest BCUT2D eigenvalue weighted by molar-refractivity contribution is -0.138. The number of aliphatic hydroxyl groups excluding tert-OH is 1. The van der Waals surface area contributed by atoms with Gasteiger partial charge in [0.25, 0.3) is 0 Å². The zero-order valence-electron chi connectivity index (χ0n) is 12.9. The molecule has 1 heterocycles. The Labute approximate surface area is 131 Å². The smallest absolute Gasteiger partial charge is 0.225 e. The third kappa shape index (κ3) is 3.49. The van der Waals surface area contributed by atoms with Gasteiger partial charge in [0.1, 0.15) is 5.82 Å². The second-order valence-electron chi connectivity index (χ2n) is 6.67. The zero-order chi connectivity index (χ0) is 15.5. The van der Waals surface area contributed by atoms with Crippen molar-refractivity contribution in [1.82, 2.24) is 4.90 Å². The Morgan fingerprint density at radius 2 is 2.00 bits per heavy atom. The van der Waals surface area contributed by atoms with Crippen molar-refractivity contribution in [3.63, 3.8) is 0 Å². The van der Waals surface area contributed by atoms with Crippen LogP contribution in [0.1, 0.15) is 44.1 Å². The molecule has 0 aromatic heterocycles. The molecule has 0 radical (unpaired) electrons. The number of amides is 1. The monoisotopic (exact) mass is 305 g/mol. The first-order valence-corrected chi connectivity index (χ1v) is 8.36. The largest absolute Gasteiger partial charge is 0.393 e. The molecule has 2 fully saturated rings. The van der Waals surface area contributed by atoms with Gasteiger partial charge in [0, 0.05) is 18.5 Å². The van der Waals surface area contributed by atoms with Crippen LogP contribution in [0.3, 0.4) is 0 Å². The van der Waals surface area contributed by atoms with Crippen LogP contribution in [-0.2, 0) is 11.2 Å². The Balaban J connectivity index is 1.64. The molecule has 1 amide bonds. The highest BCUT2D eigenvalue weighted by Crippen LogP contribution is 2.30. The highest BCUT2D eigenvalue weighted by atomic mass is 19.1. The summed E-state index contributed by atoms with van der Waals surface area (Å²) < 4.78 is 13.3. The van der Waals surface area contributed by atoms with Crippen molar-refractivity contribution >= 4 is 5.91 Å². The minimum atomic E-state index is -0.231. The van der Waals surface area contributed by atoms with Gasteiger partial charge in [-0.3, -0.25) is 4.79 Å². The summed E-state index contributed by atoms with van der Waals surface area (Å²) in [4.78, 5) is 14.8. The van der Waals surface area contributed by atoms with Crippen LogP contribution in [0.4, 0.5) is 4.39 Å². The predicted octanol–water partition coefficient (Wildman–Crippen LogP) is 2.91. The van der Waals surface area contributed by atoms with Gasteiger partial charge in [0.05, 0.1) is 6.10 Å². The van der Waals surface area contributed by atoms with Crippen LogP contribution in [0.5, 0.6) is 0 Å². The van der Waals surface area contributed by atoms with Gasteiger partial charge in [0.2, 0.25) is 5.91 Å². The molecule has 1 aromatic rings. The van der Waals surface area contributed by atoms with Crippen LogP contribution >= 0.6 is 0 Å². The fourth-order valence-electron chi connectivity index (χ4n) is 3.83. The van der Waals surface area contributed by atoms with Crippen molar-refractivity contribution in [2.24, 2.45) is 5.92 Å². The molecular weight excluding hydrogens is 281 g/mol. The molecule has 3 rings (SSSR count). The summed E-state index contributed by atoms with van der Waals surface area (Å²) in [5, 5.41) is 9.59. The minimum absolute atomic E-state index is 0.0662. The molecule has 4 heteroatoms. The summed E-state index contributed by atoms with van der Waals surface area (Å²) in [6, 6.07) is 6.88. The van der Waals surface area contributed by atoms with Gasteiger partial charge in [-0.15, -0.1) is 0 Å². The number of carbonyl (C=O) groups is 1. The van der Waals surface area contributed by atoms with Crippen molar-refractivity contribution in [3.8, 4) is 0 Å². The normalized spacial score (nSPS) is 28.8. The third-order valence-corrected chi connectivity index (χ3v) is 5.07. The number of rotatable bonds is 3. The molecule has 1 aromatic carbocycles. The lowest BCUT2D eigenvalue weighted by Gasteiger charge is -2.32. The van der Waals surface area contributed by atoms with Crippen molar-refractivity contribution in [1.29, 1.82) is 0 Å². The molecule has 1 aliphatic heterocycles. The molecular formula is C18H24FNO2. The van der Waals surface area contributed by atoms with Gasteiger partial charge in [-0.05, 0) is 62.6 Å². The number of likely N-dealkylation sites (tertiary alicyclic amines) is 1. The zero-order valence-corrected chi connectivity index (χ0v) is 12.9. The molecule has 2 aliphatic rings. The molecule has 0 spiro atoms. The van der Waals surface area contributed by atoms with Gasteiger partial charge in [-0.2, -0.15) is 0 Å². The van der Waals surface area contributed by atoms with Crippen molar-refractivity contribution < 1.29 is 14.3 Å². The highest BCUT2D eigenvalue weighted by molar-refractivity contribution is 5.79. The average Bonchev–Trinajstić information content (AvgIpc) is 2.95. The summed E-state index contributed by atoms with van der Waals surface area (Å²) in [5.74, 6) is 0.0944. The van der Waals surface area contributed by atoms with Crippen molar-refractivity contribution in [2.45, 2.75) is 57.1 Å². The van der Waals surface area contributed by atoms with E-state index in [-0.39, 0.29) is 29.8 Å². The first kappa shape index (κ1) is 15.5. The van der Waals surface area contributed by atoms with E-state index >= 15 is 0 Å². The molecule has 22 heavy (non-hydrogen) atoms. The number of benzene rings is 1. The lowest BCUT2D eigenvalue weighted by atomic mass is 9.86. The van der Waals surface area contributed by atoms with Crippen molar-refractivity contribution in [2.75, 3.05) is 6.54 Å². The van der Waals surface area contributed by atoms with Crippen LogP contribution in [0.15, 0.2) is 24.3 Å². The summed E-state index contributed by atoms with van der Waals surface area (Å²) in [6.07, 6.45) is 5.59. The number of hydrogen-bond acceptors (Lipinski definition) is 2. The Bertz CT molecular complexity index is 526. The summed E-state index contributed by atoms with van der Waals surface area (Å²) >= 11 is 0. The number of nitrogens with zero attached hydrogens (tertiary/aromatic N) is 1. The Morgan fingerprint density at radius 3 is 2.73 bits per heavy atom. The molecule has 3 nitrogen and oxygen atoms in total. The SMILES string of the molecule is O=C(C1CCC(O)CC1)N1CCCC1Cc1cccc(F)c1. The summed E-state index contributed by atoms with van der Waals surface area (Å²) in [7, 11) is 0. The minimum Gasteiger partial charge on any atom is -0.393 e. The lowest BCUT2D eigenvalue weighted by Crippen LogP contribution is -2.42. The van der Waals surface area contributed by atoms with Crippen LogP contribution in [0.25, 0.3) is 0 Å². The predicted molar refractivity (Wildman–Crippen MR) is 82.8 cm³/mol. The van der Waals surface area contributed by atoms with E-state index in [0.29, 0.717) is 0 Å². The van der Waals surface area contributed by atoms with Gasteiger partial charge in [-0.25, -0.2) is 4.39 Å². The van der Waals surface area contributed by atoms with Crippen LogP contribution < -0.4 is 0 Å². The van der Waals surface area contributed by atoms with Crippen molar-refractivity contribution in [3.05, 3.63) is 35.6 Å². The topological polar surface area (TPSA) is 40.5 Å².